The molecule has 3 rings (SSSR count). The van der Waals surface area contributed by atoms with Crippen molar-refractivity contribution in [2.75, 3.05) is 17.7 Å². The number of aromatic nitrogens is 3. The van der Waals surface area contributed by atoms with Gasteiger partial charge < -0.3 is 20.3 Å². The average molecular weight is 343 g/mol. The maximum Gasteiger partial charge on any atom is 0.326 e. The largest absolute Gasteiger partial charge is 0.480 e. The molecular weight excluding hydrogens is 318 g/mol. The molecule has 1 aliphatic carbocycles. The van der Waals surface area contributed by atoms with Gasteiger partial charge in [-0.3, -0.25) is 0 Å². The fourth-order valence-corrected chi connectivity index (χ4v) is 3.40. The topological polar surface area (TPSA) is 92.1 Å². The molecule has 2 heterocycles. The van der Waals surface area contributed by atoms with Crippen molar-refractivity contribution in [1.29, 1.82) is 0 Å². The van der Waals surface area contributed by atoms with E-state index in [1.165, 1.54) is 19.3 Å². The number of aliphatic carboxylic acids is 1. The molecule has 0 radical (unpaired) electrons. The van der Waals surface area contributed by atoms with Gasteiger partial charge in [-0.2, -0.15) is 9.97 Å². The van der Waals surface area contributed by atoms with Crippen LogP contribution in [-0.2, 0) is 4.79 Å². The van der Waals surface area contributed by atoms with Crippen molar-refractivity contribution < 1.29 is 9.90 Å². The number of carbonyl (C=O) groups is 1. The molecule has 0 aliphatic heterocycles. The molecule has 1 atom stereocenters. The van der Waals surface area contributed by atoms with Gasteiger partial charge >= 0.3 is 5.97 Å². The van der Waals surface area contributed by atoms with Crippen molar-refractivity contribution >= 4 is 17.7 Å². The quantitative estimate of drug-likeness (QED) is 0.715. The molecule has 7 nitrogen and oxygen atoms in total. The monoisotopic (exact) mass is 343 g/mol. The van der Waals surface area contributed by atoms with Crippen LogP contribution >= 0.6 is 0 Å². The zero-order valence-electron chi connectivity index (χ0n) is 14.5. The van der Waals surface area contributed by atoms with Crippen molar-refractivity contribution in [2.24, 2.45) is 5.92 Å². The van der Waals surface area contributed by atoms with Gasteiger partial charge in [-0.1, -0.05) is 32.1 Å². The van der Waals surface area contributed by atoms with E-state index in [1.54, 1.807) is 13.1 Å². The fourth-order valence-electron chi connectivity index (χ4n) is 3.40. The first-order chi connectivity index (χ1) is 12.2. The molecule has 1 aliphatic rings. The second-order valence-electron chi connectivity index (χ2n) is 6.55. The Hall–Kier alpha value is -2.57. The summed E-state index contributed by atoms with van der Waals surface area (Å²) >= 11 is 0. The summed E-state index contributed by atoms with van der Waals surface area (Å²) in [6.45, 7) is 0. The summed E-state index contributed by atoms with van der Waals surface area (Å²) in [5, 5.41) is 15.6. The van der Waals surface area contributed by atoms with Crippen LogP contribution in [0.5, 0.6) is 0 Å². The predicted molar refractivity (Wildman–Crippen MR) is 97.1 cm³/mol. The molecule has 0 amide bonds. The van der Waals surface area contributed by atoms with Crippen LogP contribution in [0.1, 0.15) is 38.5 Å². The number of rotatable bonds is 7. The standard InChI is InChI=1S/C18H25N5O2/c1-19-18-21-15(12-16(22-18)23-9-5-6-10-23)20-14(17(24)25)11-13-7-3-2-4-8-13/h5-6,9-10,12-14H,2-4,7-8,11H2,1H3,(H,24,25)(H2,19,20,21,22). The third kappa shape index (κ3) is 4.49. The highest BCUT2D eigenvalue weighted by molar-refractivity contribution is 5.77. The lowest BCUT2D eigenvalue weighted by Crippen LogP contribution is -2.32. The van der Waals surface area contributed by atoms with E-state index < -0.39 is 12.0 Å². The normalized spacial score (nSPS) is 16.4. The first kappa shape index (κ1) is 17.3. The first-order valence-corrected chi connectivity index (χ1v) is 8.85. The fraction of sp³-hybridized carbons (Fsp3) is 0.500. The maximum absolute atomic E-state index is 11.7. The van der Waals surface area contributed by atoms with Gasteiger partial charge in [0.05, 0.1) is 0 Å². The van der Waals surface area contributed by atoms with Crippen LogP contribution in [-0.4, -0.2) is 38.7 Å². The van der Waals surface area contributed by atoms with Crippen molar-refractivity contribution in [2.45, 2.75) is 44.6 Å². The summed E-state index contributed by atoms with van der Waals surface area (Å²) in [5.74, 6) is 1.30. The van der Waals surface area contributed by atoms with Gasteiger partial charge in [0.25, 0.3) is 0 Å². The number of nitrogens with one attached hydrogen (secondary N) is 2. The third-order valence-corrected chi connectivity index (χ3v) is 4.72. The van der Waals surface area contributed by atoms with E-state index in [0.717, 1.165) is 12.8 Å². The van der Waals surface area contributed by atoms with E-state index in [2.05, 4.69) is 20.6 Å². The van der Waals surface area contributed by atoms with Crippen LogP contribution in [0.25, 0.3) is 5.82 Å². The molecule has 1 unspecified atom stereocenters. The Morgan fingerprint density at radius 3 is 2.64 bits per heavy atom. The molecule has 3 N–H and O–H groups in total. The van der Waals surface area contributed by atoms with Gasteiger partial charge in [-0.05, 0) is 24.5 Å². The molecule has 25 heavy (non-hydrogen) atoms. The second kappa shape index (κ2) is 8.00. The molecule has 1 saturated carbocycles. The Bertz CT molecular complexity index is 695. The molecule has 1 fully saturated rings. The van der Waals surface area contributed by atoms with Crippen LogP contribution in [0.15, 0.2) is 30.6 Å². The zero-order valence-corrected chi connectivity index (χ0v) is 14.5. The lowest BCUT2D eigenvalue weighted by atomic mass is 9.85. The number of hydrogen-bond donors (Lipinski definition) is 3. The number of carboxylic acids is 1. The van der Waals surface area contributed by atoms with Crippen LogP contribution in [0.4, 0.5) is 11.8 Å². The van der Waals surface area contributed by atoms with Gasteiger partial charge in [0.2, 0.25) is 5.95 Å². The number of nitrogens with zero attached hydrogens (tertiary/aromatic N) is 3. The van der Waals surface area contributed by atoms with Crippen LogP contribution in [0.2, 0.25) is 0 Å². The number of anilines is 2. The van der Waals surface area contributed by atoms with E-state index in [9.17, 15) is 9.90 Å². The van der Waals surface area contributed by atoms with Crippen LogP contribution in [0.3, 0.4) is 0 Å². The summed E-state index contributed by atoms with van der Waals surface area (Å²) in [6, 6.07) is 4.96. The molecular formula is C18H25N5O2. The maximum atomic E-state index is 11.7. The molecule has 7 heteroatoms. The van der Waals surface area contributed by atoms with Gasteiger partial charge in [-0.25, -0.2) is 4.79 Å². The smallest absolute Gasteiger partial charge is 0.326 e. The van der Waals surface area contributed by atoms with Crippen LogP contribution < -0.4 is 10.6 Å². The summed E-state index contributed by atoms with van der Waals surface area (Å²) < 4.78 is 1.87. The molecule has 0 spiro atoms. The lowest BCUT2D eigenvalue weighted by molar-refractivity contribution is -0.138. The van der Waals surface area contributed by atoms with Gasteiger partial charge in [0.1, 0.15) is 17.7 Å². The van der Waals surface area contributed by atoms with Gasteiger partial charge in [0, 0.05) is 25.5 Å². The lowest BCUT2D eigenvalue weighted by Gasteiger charge is -2.25. The third-order valence-electron chi connectivity index (χ3n) is 4.72. The van der Waals surface area contributed by atoms with E-state index in [0.29, 0.717) is 29.9 Å². The van der Waals surface area contributed by atoms with E-state index in [-0.39, 0.29) is 0 Å². The van der Waals surface area contributed by atoms with Crippen molar-refractivity contribution in [3.63, 3.8) is 0 Å². The van der Waals surface area contributed by atoms with E-state index in [1.807, 2.05) is 29.1 Å². The van der Waals surface area contributed by atoms with Crippen LogP contribution in [0, 0.1) is 5.92 Å². The minimum absolute atomic E-state index is 0.454. The van der Waals surface area contributed by atoms with Crippen molar-refractivity contribution in [3.05, 3.63) is 30.6 Å². The summed E-state index contributed by atoms with van der Waals surface area (Å²) in [5.41, 5.74) is 0. The Kier molecular flexibility index (Phi) is 5.53. The molecule has 2 aromatic rings. The van der Waals surface area contributed by atoms with Gasteiger partial charge in [0.15, 0.2) is 0 Å². The highest BCUT2D eigenvalue weighted by Crippen LogP contribution is 2.28. The summed E-state index contributed by atoms with van der Waals surface area (Å²) in [4.78, 5) is 20.5. The molecule has 134 valence electrons. The minimum atomic E-state index is -0.835. The highest BCUT2D eigenvalue weighted by atomic mass is 16.4. The molecule has 2 aromatic heterocycles. The van der Waals surface area contributed by atoms with Crippen molar-refractivity contribution in [3.8, 4) is 5.82 Å². The predicted octanol–water partition coefficient (Wildman–Crippen LogP) is 3.14. The van der Waals surface area contributed by atoms with E-state index in [4.69, 9.17) is 0 Å². The van der Waals surface area contributed by atoms with E-state index >= 15 is 0 Å². The molecule has 0 aromatic carbocycles. The first-order valence-electron chi connectivity index (χ1n) is 8.85. The Balaban J connectivity index is 1.78. The minimum Gasteiger partial charge on any atom is -0.480 e. The number of hydrogen-bond acceptors (Lipinski definition) is 5. The Labute approximate surface area is 147 Å². The summed E-state index contributed by atoms with van der Waals surface area (Å²) in [6.07, 6.45) is 10.3. The summed E-state index contributed by atoms with van der Waals surface area (Å²) in [7, 11) is 1.75. The number of carboxylic acid groups (broad SMARTS) is 1. The Morgan fingerprint density at radius 1 is 1.28 bits per heavy atom. The highest BCUT2D eigenvalue weighted by Gasteiger charge is 2.24. The molecule has 0 saturated heterocycles. The molecule has 0 bridgehead atoms. The Morgan fingerprint density at radius 2 is 2.00 bits per heavy atom. The van der Waals surface area contributed by atoms with Crippen molar-refractivity contribution in [1.82, 2.24) is 14.5 Å². The SMILES string of the molecule is CNc1nc(NC(CC2CCCCC2)C(=O)O)cc(-n2cccc2)n1. The second-order valence-corrected chi connectivity index (χ2v) is 6.55. The zero-order chi connectivity index (χ0) is 17.6. The van der Waals surface area contributed by atoms with Gasteiger partial charge in [-0.15, -0.1) is 0 Å². The average Bonchev–Trinajstić information content (AvgIpc) is 3.16.